The van der Waals surface area contributed by atoms with Gasteiger partial charge in [0, 0.05) is 6.42 Å². The predicted octanol–water partition coefficient (Wildman–Crippen LogP) is 3.19. The molecule has 0 aliphatic carbocycles. The highest BCUT2D eigenvalue weighted by atomic mass is 28.3. The van der Waals surface area contributed by atoms with Crippen molar-refractivity contribution in [1.29, 1.82) is 0 Å². The van der Waals surface area contributed by atoms with Gasteiger partial charge in [0.1, 0.15) is 14.7 Å². The molecule has 0 spiro atoms. The van der Waals surface area contributed by atoms with Crippen LogP contribution in [0, 0.1) is 11.5 Å². The minimum atomic E-state index is -1.46. The summed E-state index contributed by atoms with van der Waals surface area (Å²) in [5, 5.41) is 11.1. The smallest absolute Gasteiger partial charge is 0.410 e. The number of hydrogen-bond donors (Lipinski definition) is 1. The van der Waals surface area contributed by atoms with Gasteiger partial charge in [0.2, 0.25) is 0 Å². The van der Waals surface area contributed by atoms with Gasteiger partial charge in [0.05, 0.1) is 30.9 Å². The minimum Gasteiger partial charge on any atom is -0.445 e. The van der Waals surface area contributed by atoms with Gasteiger partial charge in [-0.3, -0.25) is 4.90 Å². The SMILES string of the molecule is C[Si](C)(C)C#CCC1(O)CC2COCC(C1)N2C(=O)OCc1ccccc1. The van der Waals surface area contributed by atoms with E-state index < -0.39 is 13.7 Å². The zero-order valence-electron chi connectivity index (χ0n) is 16.4. The average Bonchev–Trinajstić information content (AvgIpc) is 2.58. The van der Waals surface area contributed by atoms with Crippen LogP contribution in [0.15, 0.2) is 30.3 Å². The Morgan fingerprint density at radius 3 is 2.48 bits per heavy atom. The van der Waals surface area contributed by atoms with E-state index in [1.165, 1.54) is 0 Å². The van der Waals surface area contributed by atoms with Gasteiger partial charge in [0.25, 0.3) is 0 Å². The van der Waals surface area contributed by atoms with Crippen LogP contribution in [-0.4, -0.2) is 55.1 Å². The Balaban J connectivity index is 1.63. The van der Waals surface area contributed by atoms with Gasteiger partial charge in [0.15, 0.2) is 0 Å². The van der Waals surface area contributed by atoms with Gasteiger partial charge in [-0.15, -0.1) is 11.5 Å². The zero-order valence-corrected chi connectivity index (χ0v) is 17.4. The van der Waals surface area contributed by atoms with Crippen LogP contribution in [0.25, 0.3) is 0 Å². The molecule has 1 amide bonds. The van der Waals surface area contributed by atoms with E-state index in [2.05, 4.69) is 31.1 Å². The number of carbonyl (C=O) groups excluding carboxylic acids is 1. The first-order valence-electron chi connectivity index (χ1n) is 9.55. The molecule has 2 heterocycles. The molecule has 0 saturated carbocycles. The lowest BCUT2D eigenvalue weighted by atomic mass is 9.79. The van der Waals surface area contributed by atoms with E-state index in [1.807, 2.05) is 30.3 Å². The van der Waals surface area contributed by atoms with Gasteiger partial charge in [-0.05, 0) is 18.4 Å². The topological polar surface area (TPSA) is 59.0 Å². The standard InChI is InChI=1S/C21H29NO4Si/c1-27(2,3)11-7-10-21(24)12-18-15-25-16-19(13-21)22(18)20(23)26-14-17-8-5-4-6-9-17/h4-6,8-9,18-19,24H,10,12-16H2,1-3H3. The molecule has 27 heavy (non-hydrogen) atoms. The van der Waals surface area contributed by atoms with Crippen LogP contribution in [0.4, 0.5) is 4.79 Å². The number of ether oxygens (including phenoxy) is 2. The molecule has 2 saturated heterocycles. The fourth-order valence-electron chi connectivity index (χ4n) is 3.78. The fraction of sp³-hybridized carbons (Fsp3) is 0.571. The molecule has 1 aromatic carbocycles. The van der Waals surface area contributed by atoms with Crippen LogP contribution in [0.3, 0.4) is 0 Å². The summed E-state index contributed by atoms with van der Waals surface area (Å²) < 4.78 is 11.2. The normalized spacial score (nSPS) is 27.5. The van der Waals surface area contributed by atoms with Crippen molar-refractivity contribution in [2.24, 2.45) is 0 Å². The Morgan fingerprint density at radius 1 is 1.26 bits per heavy atom. The largest absolute Gasteiger partial charge is 0.445 e. The van der Waals surface area contributed by atoms with E-state index in [0.717, 1.165) is 5.56 Å². The molecule has 6 heteroatoms. The maximum absolute atomic E-state index is 12.7. The molecule has 2 fully saturated rings. The highest BCUT2D eigenvalue weighted by molar-refractivity contribution is 6.83. The Morgan fingerprint density at radius 2 is 1.89 bits per heavy atom. The molecule has 1 N–H and O–H groups in total. The number of aliphatic hydroxyl groups is 1. The van der Waals surface area contributed by atoms with Gasteiger partial charge in [-0.2, -0.15) is 0 Å². The van der Waals surface area contributed by atoms with Crippen molar-refractivity contribution < 1.29 is 19.4 Å². The van der Waals surface area contributed by atoms with Gasteiger partial charge in [-0.25, -0.2) is 4.79 Å². The first-order valence-corrected chi connectivity index (χ1v) is 13.0. The van der Waals surface area contributed by atoms with Crippen LogP contribution in [0.1, 0.15) is 24.8 Å². The van der Waals surface area contributed by atoms with Crippen LogP contribution < -0.4 is 0 Å². The lowest BCUT2D eigenvalue weighted by molar-refractivity contribution is -0.131. The Kier molecular flexibility index (Phi) is 5.94. The molecule has 5 nitrogen and oxygen atoms in total. The van der Waals surface area contributed by atoms with Crippen LogP contribution in [-0.2, 0) is 16.1 Å². The fourth-order valence-corrected chi connectivity index (χ4v) is 4.40. The number of carbonyl (C=O) groups is 1. The molecule has 1 aromatic rings. The summed E-state index contributed by atoms with van der Waals surface area (Å²) in [5.41, 5.74) is 3.43. The number of nitrogens with zero attached hydrogens (tertiary/aromatic N) is 1. The Hall–Kier alpha value is -1.81. The third-order valence-corrected chi connectivity index (χ3v) is 5.86. The summed E-state index contributed by atoms with van der Waals surface area (Å²) >= 11 is 0. The molecule has 2 bridgehead atoms. The highest BCUT2D eigenvalue weighted by Gasteiger charge is 2.48. The molecule has 0 aromatic heterocycles. The molecule has 0 radical (unpaired) electrons. The molecule has 2 atom stereocenters. The Bertz CT molecular complexity index is 705. The van der Waals surface area contributed by atoms with E-state index in [9.17, 15) is 9.90 Å². The van der Waals surface area contributed by atoms with E-state index in [4.69, 9.17) is 9.47 Å². The second-order valence-corrected chi connectivity index (χ2v) is 13.4. The van der Waals surface area contributed by atoms with Crippen molar-refractivity contribution in [2.75, 3.05) is 13.2 Å². The number of hydrogen-bond acceptors (Lipinski definition) is 4. The summed E-state index contributed by atoms with van der Waals surface area (Å²) in [5.74, 6) is 3.20. The molecule has 2 unspecified atom stereocenters. The van der Waals surface area contributed by atoms with Gasteiger partial charge < -0.3 is 14.6 Å². The molecule has 146 valence electrons. The van der Waals surface area contributed by atoms with Crippen LogP contribution in [0.5, 0.6) is 0 Å². The third kappa shape index (κ3) is 5.35. The second kappa shape index (κ2) is 8.05. The van der Waals surface area contributed by atoms with Crippen molar-refractivity contribution in [3.63, 3.8) is 0 Å². The van der Waals surface area contributed by atoms with E-state index in [1.54, 1.807) is 4.90 Å². The van der Waals surface area contributed by atoms with Crippen molar-refractivity contribution in [3.8, 4) is 11.5 Å². The summed E-state index contributed by atoms with van der Waals surface area (Å²) in [6.45, 7) is 7.69. The number of fused-ring (bicyclic) bond motifs is 2. The van der Waals surface area contributed by atoms with Gasteiger partial charge in [-0.1, -0.05) is 50.0 Å². The van der Waals surface area contributed by atoms with Crippen molar-refractivity contribution in [3.05, 3.63) is 35.9 Å². The monoisotopic (exact) mass is 387 g/mol. The van der Waals surface area contributed by atoms with E-state index >= 15 is 0 Å². The van der Waals surface area contributed by atoms with Crippen molar-refractivity contribution in [1.82, 2.24) is 4.90 Å². The van der Waals surface area contributed by atoms with Crippen molar-refractivity contribution >= 4 is 14.2 Å². The number of rotatable bonds is 3. The predicted molar refractivity (Wildman–Crippen MR) is 107 cm³/mol. The maximum atomic E-state index is 12.7. The van der Waals surface area contributed by atoms with Crippen LogP contribution >= 0.6 is 0 Å². The summed E-state index contributed by atoms with van der Waals surface area (Å²) in [6, 6.07) is 9.32. The first-order chi connectivity index (χ1) is 12.8. The van der Waals surface area contributed by atoms with Crippen molar-refractivity contribution in [2.45, 2.75) is 63.2 Å². The van der Waals surface area contributed by atoms with E-state index in [0.29, 0.717) is 32.5 Å². The zero-order chi connectivity index (χ0) is 19.5. The number of amides is 1. The third-order valence-electron chi connectivity index (χ3n) is 4.94. The number of piperidine rings is 1. The number of benzene rings is 1. The number of morpholine rings is 1. The average molecular weight is 388 g/mol. The van der Waals surface area contributed by atoms with E-state index in [-0.39, 0.29) is 24.8 Å². The maximum Gasteiger partial charge on any atom is 0.410 e. The minimum absolute atomic E-state index is 0.167. The second-order valence-electron chi connectivity index (χ2n) is 8.65. The lowest BCUT2D eigenvalue weighted by Crippen LogP contribution is -2.63. The Labute approximate surface area is 162 Å². The highest BCUT2D eigenvalue weighted by Crippen LogP contribution is 2.36. The van der Waals surface area contributed by atoms with Gasteiger partial charge >= 0.3 is 6.09 Å². The summed E-state index contributed by atoms with van der Waals surface area (Å²) in [4.78, 5) is 14.5. The quantitative estimate of drug-likeness (QED) is 0.639. The molecule has 2 aliphatic rings. The molecule has 3 rings (SSSR count). The lowest BCUT2D eigenvalue weighted by Gasteiger charge is -2.50. The molecule has 2 aliphatic heterocycles. The van der Waals surface area contributed by atoms with Crippen LogP contribution in [0.2, 0.25) is 19.6 Å². The summed E-state index contributed by atoms with van der Waals surface area (Å²) in [7, 11) is -1.46. The summed E-state index contributed by atoms with van der Waals surface area (Å²) in [6.07, 6.45) is 1.08. The first kappa shape index (κ1) is 19.9. The molecular formula is C21H29NO4Si. The molecular weight excluding hydrogens is 358 g/mol.